The number of carboxylic acids is 1. The van der Waals surface area contributed by atoms with Gasteiger partial charge in [-0.3, -0.25) is 4.79 Å². The zero-order valence-electron chi connectivity index (χ0n) is 9.12. The van der Waals surface area contributed by atoms with Crippen molar-refractivity contribution in [1.82, 2.24) is 0 Å². The largest absolute Gasteiger partial charge is 0.481 e. The summed E-state index contributed by atoms with van der Waals surface area (Å²) >= 11 is 1.33. The Hall–Kier alpha value is -1.56. The summed E-state index contributed by atoms with van der Waals surface area (Å²) in [5, 5.41) is 9.07. The van der Waals surface area contributed by atoms with Crippen LogP contribution in [0.2, 0.25) is 0 Å². The number of carbonyl (C=O) groups is 1. The standard InChI is InChI=1S/C12H9F3O2S/c13-12(14,15)8-1-3-10-7(5-8)6-9(18-10)2-4-11(16)17/h1,3,5-6H,2,4H2,(H,16,17). The lowest BCUT2D eigenvalue weighted by molar-refractivity contribution is -0.138. The van der Waals surface area contributed by atoms with Crippen molar-refractivity contribution in [2.24, 2.45) is 0 Å². The second kappa shape index (κ2) is 4.61. The van der Waals surface area contributed by atoms with E-state index in [2.05, 4.69) is 0 Å². The van der Waals surface area contributed by atoms with Crippen LogP contribution < -0.4 is 0 Å². The molecular weight excluding hydrogens is 265 g/mol. The van der Waals surface area contributed by atoms with Gasteiger partial charge in [-0.1, -0.05) is 0 Å². The van der Waals surface area contributed by atoms with Crippen LogP contribution in [0.1, 0.15) is 16.9 Å². The van der Waals surface area contributed by atoms with Crippen LogP contribution in [0.5, 0.6) is 0 Å². The highest BCUT2D eigenvalue weighted by Gasteiger charge is 2.30. The summed E-state index contributed by atoms with van der Waals surface area (Å²) in [5.41, 5.74) is -0.683. The van der Waals surface area contributed by atoms with E-state index in [1.54, 1.807) is 6.07 Å². The van der Waals surface area contributed by atoms with Crippen molar-refractivity contribution in [2.45, 2.75) is 19.0 Å². The Bertz CT molecular complexity index is 587. The maximum Gasteiger partial charge on any atom is 0.416 e. The van der Waals surface area contributed by atoms with Crippen molar-refractivity contribution < 1.29 is 23.1 Å². The molecule has 0 saturated carbocycles. The Balaban J connectivity index is 2.31. The van der Waals surface area contributed by atoms with E-state index >= 15 is 0 Å². The molecule has 2 aromatic rings. The van der Waals surface area contributed by atoms with Crippen molar-refractivity contribution in [3.05, 3.63) is 34.7 Å². The minimum atomic E-state index is -4.35. The van der Waals surface area contributed by atoms with E-state index in [0.29, 0.717) is 11.8 Å². The number of alkyl halides is 3. The van der Waals surface area contributed by atoms with E-state index in [1.165, 1.54) is 17.4 Å². The van der Waals surface area contributed by atoms with Crippen LogP contribution >= 0.6 is 11.3 Å². The molecular formula is C12H9F3O2S. The summed E-state index contributed by atoms with van der Waals surface area (Å²) in [5.74, 6) is -0.913. The van der Waals surface area contributed by atoms with Gasteiger partial charge in [0.15, 0.2) is 0 Å². The molecule has 6 heteroatoms. The maximum absolute atomic E-state index is 12.5. The molecule has 0 unspecified atom stereocenters. The molecule has 0 amide bonds. The van der Waals surface area contributed by atoms with E-state index in [4.69, 9.17) is 5.11 Å². The highest BCUT2D eigenvalue weighted by Crippen LogP contribution is 2.34. The molecule has 0 aliphatic carbocycles. The number of halogens is 3. The number of aryl methyl sites for hydroxylation is 1. The molecule has 1 aromatic carbocycles. The fourth-order valence-corrected chi connectivity index (χ4v) is 2.67. The number of carboxylic acid groups (broad SMARTS) is 1. The smallest absolute Gasteiger partial charge is 0.416 e. The third-order valence-corrected chi connectivity index (χ3v) is 3.66. The molecule has 0 saturated heterocycles. The molecule has 2 nitrogen and oxygen atoms in total. The molecule has 96 valence electrons. The molecule has 1 aromatic heterocycles. The van der Waals surface area contributed by atoms with Gasteiger partial charge in [-0.15, -0.1) is 11.3 Å². The summed E-state index contributed by atoms with van der Waals surface area (Å²) in [6, 6.07) is 5.18. The summed E-state index contributed by atoms with van der Waals surface area (Å²) in [6.45, 7) is 0. The van der Waals surface area contributed by atoms with Gasteiger partial charge in [0.25, 0.3) is 0 Å². The average Bonchev–Trinajstić information content (AvgIpc) is 2.66. The molecule has 0 aliphatic rings. The van der Waals surface area contributed by atoms with Crippen molar-refractivity contribution in [3.63, 3.8) is 0 Å². The van der Waals surface area contributed by atoms with Crippen molar-refractivity contribution in [1.29, 1.82) is 0 Å². The monoisotopic (exact) mass is 274 g/mol. The van der Waals surface area contributed by atoms with E-state index < -0.39 is 17.7 Å². The fourth-order valence-electron chi connectivity index (χ4n) is 1.63. The Morgan fingerprint density at radius 3 is 2.61 bits per heavy atom. The first-order valence-electron chi connectivity index (χ1n) is 5.18. The minimum absolute atomic E-state index is 0.0149. The first-order chi connectivity index (χ1) is 8.36. The highest BCUT2D eigenvalue weighted by molar-refractivity contribution is 7.19. The average molecular weight is 274 g/mol. The van der Waals surface area contributed by atoms with E-state index in [0.717, 1.165) is 21.7 Å². The number of benzene rings is 1. The topological polar surface area (TPSA) is 37.3 Å². The minimum Gasteiger partial charge on any atom is -0.481 e. The normalized spacial score (nSPS) is 11.9. The lowest BCUT2D eigenvalue weighted by atomic mass is 10.1. The van der Waals surface area contributed by atoms with Gasteiger partial charge in [0.2, 0.25) is 0 Å². The number of hydrogen-bond acceptors (Lipinski definition) is 2. The summed E-state index contributed by atoms with van der Waals surface area (Å²) in [4.78, 5) is 11.2. The van der Waals surface area contributed by atoms with E-state index in [1.807, 2.05) is 0 Å². The molecule has 18 heavy (non-hydrogen) atoms. The Morgan fingerprint density at radius 1 is 1.28 bits per heavy atom. The van der Waals surface area contributed by atoms with Crippen LogP contribution in [0, 0.1) is 0 Å². The predicted molar refractivity (Wildman–Crippen MR) is 62.8 cm³/mol. The zero-order valence-corrected chi connectivity index (χ0v) is 9.94. The molecule has 1 heterocycles. The Kier molecular flexibility index (Phi) is 3.30. The predicted octanol–water partition coefficient (Wildman–Crippen LogP) is 3.94. The molecule has 0 aliphatic heterocycles. The molecule has 0 fully saturated rings. The van der Waals surface area contributed by atoms with Gasteiger partial charge in [0.1, 0.15) is 0 Å². The third-order valence-electron chi connectivity index (χ3n) is 2.48. The van der Waals surface area contributed by atoms with Gasteiger partial charge < -0.3 is 5.11 Å². The van der Waals surface area contributed by atoms with E-state index in [-0.39, 0.29) is 6.42 Å². The number of aliphatic carboxylic acids is 1. The van der Waals surface area contributed by atoms with Gasteiger partial charge in [-0.05, 0) is 36.1 Å². The van der Waals surface area contributed by atoms with Crippen LogP contribution in [0.15, 0.2) is 24.3 Å². The Labute approximate surface area is 105 Å². The van der Waals surface area contributed by atoms with Gasteiger partial charge in [-0.25, -0.2) is 0 Å². The molecule has 1 N–H and O–H groups in total. The van der Waals surface area contributed by atoms with Gasteiger partial charge in [-0.2, -0.15) is 13.2 Å². The molecule has 0 radical (unpaired) electrons. The Morgan fingerprint density at radius 2 is 2.00 bits per heavy atom. The van der Waals surface area contributed by atoms with Crippen LogP contribution in [0.4, 0.5) is 13.2 Å². The van der Waals surface area contributed by atoms with Crippen LogP contribution in [-0.4, -0.2) is 11.1 Å². The van der Waals surface area contributed by atoms with Gasteiger partial charge in [0.05, 0.1) is 12.0 Å². The number of hydrogen-bond donors (Lipinski definition) is 1. The van der Waals surface area contributed by atoms with Gasteiger partial charge in [0, 0.05) is 9.58 Å². The quantitative estimate of drug-likeness (QED) is 0.920. The van der Waals surface area contributed by atoms with Crippen LogP contribution in [0.3, 0.4) is 0 Å². The zero-order chi connectivity index (χ0) is 13.3. The number of fused-ring (bicyclic) bond motifs is 1. The highest BCUT2D eigenvalue weighted by atomic mass is 32.1. The number of rotatable bonds is 3. The van der Waals surface area contributed by atoms with E-state index in [9.17, 15) is 18.0 Å². The first kappa shape index (κ1) is 12.9. The number of thiophene rings is 1. The SMILES string of the molecule is O=C(O)CCc1cc2cc(C(F)(F)F)ccc2s1. The van der Waals surface area contributed by atoms with Gasteiger partial charge >= 0.3 is 12.1 Å². The lowest BCUT2D eigenvalue weighted by Crippen LogP contribution is -2.03. The lowest BCUT2D eigenvalue weighted by Gasteiger charge is -2.05. The second-order valence-electron chi connectivity index (χ2n) is 3.86. The first-order valence-corrected chi connectivity index (χ1v) is 5.99. The molecule has 2 rings (SSSR count). The van der Waals surface area contributed by atoms with Crippen LogP contribution in [0.25, 0.3) is 10.1 Å². The summed E-state index contributed by atoms with van der Waals surface area (Å²) in [6.07, 6.45) is -4.02. The fraction of sp³-hybridized carbons (Fsp3) is 0.250. The van der Waals surface area contributed by atoms with Crippen molar-refractivity contribution in [2.75, 3.05) is 0 Å². The third kappa shape index (κ3) is 2.81. The molecule has 0 atom stereocenters. The van der Waals surface area contributed by atoms with Crippen LogP contribution in [-0.2, 0) is 17.4 Å². The van der Waals surface area contributed by atoms with Crippen molar-refractivity contribution in [3.8, 4) is 0 Å². The summed E-state index contributed by atoms with van der Waals surface area (Å²) < 4.78 is 38.2. The maximum atomic E-state index is 12.5. The molecule has 0 bridgehead atoms. The second-order valence-corrected chi connectivity index (χ2v) is 5.03. The molecule has 0 spiro atoms. The summed E-state index contributed by atoms with van der Waals surface area (Å²) in [7, 11) is 0. The van der Waals surface area contributed by atoms with Crippen molar-refractivity contribution >= 4 is 27.4 Å².